The SMILES string of the molecule is Cc1c(Cl)cccc1-c1ccc(N)nc1. The average molecular weight is 219 g/mol. The number of hydrogen-bond acceptors (Lipinski definition) is 2. The van der Waals surface area contributed by atoms with Gasteiger partial charge < -0.3 is 5.73 Å². The Bertz CT molecular complexity index is 477. The fourth-order valence-corrected chi connectivity index (χ4v) is 1.66. The Labute approximate surface area is 93.7 Å². The molecule has 15 heavy (non-hydrogen) atoms. The largest absolute Gasteiger partial charge is 0.384 e. The quantitative estimate of drug-likeness (QED) is 0.798. The molecule has 2 nitrogen and oxygen atoms in total. The lowest BCUT2D eigenvalue weighted by atomic mass is 10.0. The van der Waals surface area contributed by atoms with E-state index >= 15 is 0 Å². The first-order chi connectivity index (χ1) is 7.18. The van der Waals surface area contributed by atoms with E-state index in [0.717, 1.165) is 21.7 Å². The number of aromatic nitrogens is 1. The average Bonchev–Trinajstić information content (AvgIpc) is 2.24. The Morgan fingerprint density at radius 2 is 2.00 bits per heavy atom. The molecule has 0 radical (unpaired) electrons. The third-order valence-electron chi connectivity index (χ3n) is 2.37. The Morgan fingerprint density at radius 1 is 1.20 bits per heavy atom. The first kappa shape index (κ1) is 9.99. The van der Waals surface area contributed by atoms with Crippen molar-refractivity contribution in [1.82, 2.24) is 4.98 Å². The molecule has 3 heteroatoms. The van der Waals surface area contributed by atoms with Crippen molar-refractivity contribution in [2.24, 2.45) is 0 Å². The number of nitrogen functional groups attached to an aromatic ring is 1. The summed E-state index contributed by atoms with van der Waals surface area (Å²) >= 11 is 6.05. The molecule has 0 saturated carbocycles. The van der Waals surface area contributed by atoms with Crippen molar-refractivity contribution >= 4 is 17.4 Å². The minimum atomic E-state index is 0.526. The summed E-state index contributed by atoms with van der Waals surface area (Å²) in [6.07, 6.45) is 1.76. The fraction of sp³-hybridized carbons (Fsp3) is 0.0833. The van der Waals surface area contributed by atoms with Crippen LogP contribution < -0.4 is 5.73 Å². The van der Waals surface area contributed by atoms with Crippen LogP contribution in [0.4, 0.5) is 5.82 Å². The van der Waals surface area contributed by atoms with Gasteiger partial charge in [-0.3, -0.25) is 0 Å². The van der Waals surface area contributed by atoms with E-state index in [4.69, 9.17) is 17.3 Å². The molecule has 2 rings (SSSR count). The van der Waals surface area contributed by atoms with Gasteiger partial charge in [0.1, 0.15) is 5.82 Å². The molecule has 2 N–H and O–H groups in total. The molecule has 0 aliphatic heterocycles. The van der Waals surface area contributed by atoms with Crippen LogP contribution in [0.15, 0.2) is 36.5 Å². The summed E-state index contributed by atoms with van der Waals surface area (Å²) in [5, 5.41) is 0.768. The summed E-state index contributed by atoms with van der Waals surface area (Å²) in [6, 6.07) is 9.57. The molecule has 0 fully saturated rings. The number of pyridine rings is 1. The van der Waals surface area contributed by atoms with Crippen LogP contribution in [-0.2, 0) is 0 Å². The number of nitrogens with two attached hydrogens (primary N) is 1. The van der Waals surface area contributed by atoms with Crippen molar-refractivity contribution in [3.63, 3.8) is 0 Å². The van der Waals surface area contributed by atoms with Gasteiger partial charge in [0, 0.05) is 16.8 Å². The summed E-state index contributed by atoms with van der Waals surface area (Å²) in [5.41, 5.74) is 8.72. The Hall–Kier alpha value is -1.54. The van der Waals surface area contributed by atoms with Crippen molar-refractivity contribution in [3.8, 4) is 11.1 Å². The van der Waals surface area contributed by atoms with E-state index < -0.39 is 0 Å². The molecule has 0 atom stereocenters. The minimum Gasteiger partial charge on any atom is -0.384 e. The zero-order valence-corrected chi connectivity index (χ0v) is 9.12. The molecule has 76 valence electrons. The predicted octanol–water partition coefficient (Wildman–Crippen LogP) is 3.29. The molecule has 0 unspecified atom stereocenters. The first-order valence-electron chi connectivity index (χ1n) is 4.65. The zero-order valence-electron chi connectivity index (χ0n) is 8.37. The number of anilines is 1. The van der Waals surface area contributed by atoms with Gasteiger partial charge in [-0.15, -0.1) is 0 Å². The van der Waals surface area contributed by atoms with Gasteiger partial charge in [-0.1, -0.05) is 23.7 Å². The van der Waals surface area contributed by atoms with Gasteiger partial charge in [-0.05, 0) is 36.2 Å². The van der Waals surface area contributed by atoms with Gasteiger partial charge >= 0.3 is 0 Å². The highest BCUT2D eigenvalue weighted by atomic mass is 35.5. The second kappa shape index (κ2) is 3.91. The molecule has 2 aromatic rings. The van der Waals surface area contributed by atoms with Crippen molar-refractivity contribution < 1.29 is 0 Å². The molecule has 1 aromatic carbocycles. The van der Waals surface area contributed by atoms with Gasteiger partial charge in [-0.25, -0.2) is 4.98 Å². The highest BCUT2D eigenvalue weighted by Crippen LogP contribution is 2.27. The second-order valence-electron chi connectivity index (χ2n) is 3.38. The molecule has 0 aliphatic carbocycles. The van der Waals surface area contributed by atoms with Gasteiger partial charge in [0.15, 0.2) is 0 Å². The van der Waals surface area contributed by atoms with Gasteiger partial charge in [0.2, 0.25) is 0 Å². The van der Waals surface area contributed by atoms with E-state index in [9.17, 15) is 0 Å². The van der Waals surface area contributed by atoms with Crippen molar-refractivity contribution in [1.29, 1.82) is 0 Å². The standard InChI is InChI=1S/C12H11ClN2/c1-8-10(3-2-4-11(8)13)9-5-6-12(14)15-7-9/h2-7H,1H3,(H2,14,15). The molecule has 1 heterocycles. The van der Waals surface area contributed by atoms with Crippen LogP contribution in [0.1, 0.15) is 5.56 Å². The molecule has 0 amide bonds. The van der Waals surface area contributed by atoms with E-state index in [0.29, 0.717) is 5.82 Å². The van der Waals surface area contributed by atoms with E-state index in [1.807, 2.05) is 31.2 Å². The fourth-order valence-electron chi connectivity index (χ4n) is 1.48. The minimum absolute atomic E-state index is 0.526. The lowest BCUT2D eigenvalue weighted by Gasteiger charge is -2.07. The molecule has 0 aliphatic rings. The predicted molar refractivity (Wildman–Crippen MR) is 63.8 cm³/mol. The number of benzene rings is 1. The van der Waals surface area contributed by atoms with Crippen LogP contribution in [0, 0.1) is 6.92 Å². The first-order valence-corrected chi connectivity index (χ1v) is 5.03. The Kier molecular flexibility index (Phi) is 2.60. The lowest BCUT2D eigenvalue weighted by Crippen LogP contribution is -1.90. The molecule has 1 aromatic heterocycles. The van der Waals surface area contributed by atoms with E-state index in [1.165, 1.54) is 0 Å². The van der Waals surface area contributed by atoms with Crippen LogP contribution in [0.5, 0.6) is 0 Å². The summed E-state index contributed by atoms with van der Waals surface area (Å²) in [7, 11) is 0. The molecule has 0 spiro atoms. The summed E-state index contributed by atoms with van der Waals surface area (Å²) in [5.74, 6) is 0.526. The summed E-state index contributed by atoms with van der Waals surface area (Å²) in [6.45, 7) is 1.99. The number of rotatable bonds is 1. The number of nitrogens with zero attached hydrogens (tertiary/aromatic N) is 1. The maximum Gasteiger partial charge on any atom is 0.123 e. The van der Waals surface area contributed by atoms with Crippen LogP contribution in [0.3, 0.4) is 0 Å². The number of halogens is 1. The molecule has 0 bridgehead atoms. The molecular formula is C12H11ClN2. The van der Waals surface area contributed by atoms with Crippen LogP contribution >= 0.6 is 11.6 Å². The maximum atomic E-state index is 6.05. The monoisotopic (exact) mass is 218 g/mol. The van der Waals surface area contributed by atoms with E-state index in [-0.39, 0.29) is 0 Å². The summed E-state index contributed by atoms with van der Waals surface area (Å²) in [4.78, 5) is 4.06. The van der Waals surface area contributed by atoms with Gasteiger partial charge in [0.05, 0.1) is 0 Å². The third kappa shape index (κ3) is 1.95. The van der Waals surface area contributed by atoms with Crippen molar-refractivity contribution in [2.75, 3.05) is 5.73 Å². The van der Waals surface area contributed by atoms with Crippen molar-refractivity contribution in [2.45, 2.75) is 6.92 Å². The second-order valence-corrected chi connectivity index (χ2v) is 3.79. The number of hydrogen-bond donors (Lipinski definition) is 1. The molecule has 0 saturated heterocycles. The lowest BCUT2D eigenvalue weighted by molar-refractivity contribution is 1.33. The summed E-state index contributed by atoms with van der Waals surface area (Å²) < 4.78 is 0. The van der Waals surface area contributed by atoms with E-state index in [1.54, 1.807) is 12.3 Å². The van der Waals surface area contributed by atoms with Gasteiger partial charge in [-0.2, -0.15) is 0 Å². The Balaban J connectivity index is 2.54. The third-order valence-corrected chi connectivity index (χ3v) is 2.77. The smallest absolute Gasteiger partial charge is 0.123 e. The molecular weight excluding hydrogens is 208 g/mol. The highest BCUT2D eigenvalue weighted by Gasteiger charge is 2.04. The zero-order chi connectivity index (χ0) is 10.8. The van der Waals surface area contributed by atoms with Crippen LogP contribution in [0.25, 0.3) is 11.1 Å². The maximum absolute atomic E-state index is 6.05. The highest BCUT2D eigenvalue weighted by molar-refractivity contribution is 6.31. The van der Waals surface area contributed by atoms with Crippen LogP contribution in [0.2, 0.25) is 5.02 Å². The van der Waals surface area contributed by atoms with Crippen molar-refractivity contribution in [3.05, 3.63) is 47.1 Å². The normalized spacial score (nSPS) is 10.3. The van der Waals surface area contributed by atoms with Crippen LogP contribution in [-0.4, -0.2) is 4.98 Å². The Morgan fingerprint density at radius 3 is 2.67 bits per heavy atom. The van der Waals surface area contributed by atoms with Gasteiger partial charge in [0.25, 0.3) is 0 Å². The topological polar surface area (TPSA) is 38.9 Å². The van der Waals surface area contributed by atoms with E-state index in [2.05, 4.69) is 4.98 Å².